The number of carbonyl (C=O) groups is 1. The molecular formula is C18H24N4O2. The Morgan fingerprint density at radius 2 is 2.04 bits per heavy atom. The lowest BCUT2D eigenvalue weighted by Crippen LogP contribution is -2.41. The topological polar surface area (TPSA) is 59.4 Å². The maximum atomic E-state index is 12.3. The van der Waals surface area contributed by atoms with E-state index in [1.807, 2.05) is 35.0 Å². The van der Waals surface area contributed by atoms with Crippen molar-refractivity contribution in [3.63, 3.8) is 0 Å². The predicted molar refractivity (Wildman–Crippen MR) is 92.3 cm³/mol. The van der Waals surface area contributed by atoms with Crippen molar-refractivity contribution in [2.45, 2.75) is 6.92 Å². The Morgan fingerprint density at radius 1 is 1.29 bits per heavy atom. The SMILES string of the molecule is CC(CNC(=O)c1ccc(-n2ccnc2)cc1)CN1CCOCC1. The number of imidazole rings is 1. The van der Waals surface area contributed by atoms with Gasteiger partial charge in [-0.25, -0.2) is 4.98 Å². The number of hydrogen-bond acceptors (Lipinski definition) is 4. The van der Waals surface area contributed by atoms with Gasteiger partial charge in [-0.3, -0.25) is 9.69 Å². The number of carbonyl (C=O) groups excluding carboxylic acids is 1. The lowest BCUT2D eigenvalue weighted by molar-refractivity contribution is 0.0317. The normalized spacial score (nSPS) is 16.7. The first-order valence-electron chi connectivity index (χ1n) is 8.39. The Hall–Kier alpha value is -2.18. The molecule has 1 fully saturated rings. The predicted octanol–water partition coefficient (Wildman–Crippen LogP) is 1.57. The van der Waals surface area contributed by atoms with Crippen LogP contribution in [0.2, 0.25) is 0 Å². The van der Waals surface area contributed by atoms with Gasteiger partial charge in [0.15, 0.2) is 0 Å². The summed E-state index contributed by atoms with van der Waals surface area (Å²) in [7, 11) is 0. The molecule has 0 spiro atoms. The molecular weight excluding hydrogens is 304 g/mol. The molecule has 1 aromatic carbocycles. The van der Waals surface area contributed by atoms with E-state index in [1.165, 1.54) is 0 Å². The fraction of sp³-hybridized carbons (Fsp3) is 0.444. The van der Waals surface area contributed by atoms with Crippen LogP contribution in [0.25, 0.3) is 5.69 Å². The minimum atomic E-state index is -0.0268. The van der Waals surface area contributed by atoms with E-state index in [2.05, 4.69) is 22.1 Å². The van der Waals surface area contributed by atoms with Crippen LogP contribution in [0.4, 0.5) is 0 Å². The van der Waals surface area contributed by atoms with Crippen LogP contribution in [-0.4, -0.2) is 59.8 Å². The van der Waals surface area contributed by atoms with Crippen LogP contribution in [0.5, 0.6) is 0 Å². The quantitative estimate of drug-likeness (QED) is 0.874. The molecule has 1 amide bonds. The Labute approximate surface area is 142 Å². The van der Waals surface area contributed by atoms with Crippen LogP contribution in [0.1, 0.15) is 17.3 Å². The molecule has 1 atom stereocenters. The molecule has 24 heavy (non-hydrogen) atoms. The maximum Gasteiger partial charge on any atom is 0.251 e. The zero-order chi connectivity index (χ0) is 16.8. The number of amides is 1. The number of aromatic nitrogens is 2. The lowest BCUT2D eigenvalue weighted by atomic mass is 10.1. The van der Waals surface area contributed by atoms with E-state index >= 15 is 0 Å². The van der Waals surface area contributed by atoms with Crippen molar-refractivity contribution in [3.05, 3.63) is 48.5 Å². The second-order valence-corrected chi connectivity index (χ2v) is 6.25. The van der Waals surface area contributed by atoms with Crippen LogP contribution in [0.3, 0.4) is 0 Å². The summed E-state index contributed by atoms with van der Waals surface area (Å²) in [5.74, 6) is 0.387. The molecule has 1 N–H and O–H groups in total. The number of hydrogen-bond donors (Lipinski definition) is 1. The highest BCUT2D eigenvalue weighted by Gasteiger charge is 2.14. The van der Waals surface area contributed by atoms with Crippen molar-refractivity contribution in [3.8, 4) is 5.69 Å². The second kappa shape index (κ2) is 8.08. The molecule has 6 nitrogen and oxygen atoms in total. The van der Waals surface area contributed by atoms with Crippen molar-refractivity contribution >= 4 is 5.91 Å². The first-order valence-corrected chi connectivity index (χ1v) is 8.39. The smallest absolute Gasteiger partial charge is 0.251 e. The van der Waals surface area contributed by atoms with Gasteiger partial charge in [0.05, 0.1) is 19.5 Å². The molecule has 2 heterocycles. The van der Waals surface area contributed by atoms with Gasteiger partial charge < -0.3 is 14.6 Å². The molecule has 2 aromatic rings. The van der Waals surface area contributed by atoms with Gasteiger partial charge in [-0.1, -0.05) is 6.92 Å². The van der Waals surface area contributed by atoms with Crippen LogP contribution in [0.15, 0.2) is 43.0 Å². The van der Waals surface area contributed by atoms with E-state index in [1.54, 1.807) is 12.5 Å². The van der Waals surface area contributed by atoms with Gasteiger partial charge in [0, 0.05) is 49.8 Å². The number of morpholine rings is 1. The number of rotatable bonds is 6. The van der Waals surface area contributed by atoms with Gasteiger partial charge in [-0.15, -0.1) is 0 Å². The van der Waals surface area contributed by atoms with Gasteiger partial charge in [-0.05, 0) is 30.2 Å². The largest absolute Gasteiger partial charge is 0.379 e. The molecule has 0 aliphatic carbocycles. The third kappa shape index (κ3) is 4.43. The number of nitrogens with zero attached hydrogens (tertiary/aromatic N) is 3. The summed E-state index contributed by atoms with van der Waals surface area (Å²) in [6.45, 7) is 7.41. The van der Waals surface area contributed by atoms with Crippen LogP contribution < -0.4 is 5.32 Å². The molecule has 1 aromatic heterocycles. The van der Waals surface area contributed by atoms with Gasteiger partial charge in [0.2, 0.25) is 0 Å². The van der Waals surface area contributed by atoms with Crippen LogP contribution in [-0.2, 0) is 4.74 Å². The lowest BCUT2D eigenvalue weighted by Gasteiger charge is -2.29. The Kier molecular flexibility index (Phi) is 5.61. The summed E-state index contributed by atoms with van der Waals surface area (Å²) in [5, 5.41) is 3.03. The maximum absolute atomic E-state index is 12.3. The summed E-state index contributed by atoms with van der Waals surface area (Å²) in [6.07, 6.45) is 5.35. The monoisotopic (exact) mass is 328 g/mol. The van der Waals surface area contributed by atoms with Crippen molar-refractivity contribution < 1.29 is 9.53 Å². The molecule has 1 unspecified atom stereocenters. The van der Waals surface area contributed by atoms with E-state index in [0.717, 1.165) is 38.5 Å². The van der Waals surface area contributed by atoms with Crippen molar-refractivity contribution in [2.24, 2.45) is 5.92 Å². The highest BCUT2D eigenvalue weighted by atomic mass is 16.5. The Bertz CT molecular complexity index is 634. The van der Waals surface area contributed by atoms with Gasteiger partial charge in [0.25, 0.3) is 5.91 Å². The first-order chi connectivity index (χ1) is 11.7. The van der Waals surface area contributed by atoms with Gasteiger partial charge in [-0.2, -0.15) is 0 Å². The summed E-state index contributed by atoms with van der Waals surface area (Å²) in [5.41, 5.74) is 1.67. The Morgan fingerprint density at radius 3 is 2.71 bits per heavy atom. The fourth-order valence-electron chi connectivity index (χ4n) is 2.85. The minimum absolute atomic E-state index is 0.0268. The molecule has 1 aliphatic rings. The van der Waals surface area contributed by atoms with E-state index in [4.69, 9.17) is 4.74 Å². The van der Waals surface area contributed by atoms with Gasteiger partial charge in [0.1, 0.15) is 0 Å². The highest BCUT2D eigenvalue weighted by molar-refractivity contribution is 5.94. The molecule has 1 saturated heterocycles. The highest BCUT2D eigenvalue weighted by Crippen LogP contribution is 2.09. The van der Waals surface area contributed by atoms with Gasteiger partial charge >= 0.3 is 0 Å². The third-order valence-corrected chi connectivity index (χ3v) is 4.22. The third-order valence-electron chi connectivity index (χ3n) is 4.22. The molecule has 3 rings (SSSR count). The molecule has 6 heteroatoms. The number of nitrogens with one attached hydrogen (secondary N) is 1. The molecule has 0 bridgehead atoms. The van der Waals surface area contributed by atoms with Crippen molar-refractivity contribution in [2.75, 3.05) is 39.4 Å². The van der Waals surface area contributed by atoms with Crippen molar-refractivity contribution in [1.29, 1.82) is 0 Å². The van der Waals surface area contributed by atoms with E-state index in [9.17, 15) is 4.79 Å². The van der Waals surface area contributed by atoms with E-state index < -0.39 is 0 Å². The number of ether oxygens (including phenoxy) is 1. The average Bonchev–Trinajstić information content (AvgIpc) is 3.15. The van der Waals surface area contributed by atoms with Crippen LogP contribution >= 0.6 is 0 Å². The first kappa shape index (κ1) is 16.7. The Balaban J connectivity index is 1.47. The standard InChI is InChI=1S/C18H24N4O2/c1-15(13-21-8-10-24-11-9-21)12-20-18(23)16-2-4-17(5-3-16)22-7-6-19-14-22/h2-7,14-15H,8-13H2,1H3,(H,20,23). The minimum Gasteiger partial charge on any atom is -0.379 e. The summed E-state index contributed by atoms with van der Waals surface area (Å²) in [6, 6.07) is 7.54. The molecule has 1 aliphatic heterocycles. The molecule has 0 saturated carbocycles. The average molecular weight is 328 g/mol. The summed E-state index contributed by atoms with van der Waals surface area (Å²) < 4.78 is 7.27. The van der Waals surface area contributed by atoms with Crippen molar-refractivity contribution in [1.82, 2.24) is 19.8 Å². The fourth-order valence-corrected chi connectivity index (χ4v) is 2.85. The summed E-state index contributed by atoms with van der Waals surface area (Å²) in [4.78, 5) is 18.7. The summed E-state index contributed by atoms with van der Waals surface area (Å²) >= 11 is 0. The van der Waals surface area contributed by atoms with E-state index in [0.29, 0.717) is 18.0 Å². The zero-order valence-electron chi connectivity index (χ0n) is 14.0. The van der Waals surface area contributed by atoms with E-state index in [-0.39, 0.29) is 5.91 Å². The molecule has 128 valence electrons. The second-order valence-electron chi connectivity index (χ2n) is 6.25. The molecule has 0 radical (unpaired) electrons. The van der Waals surface area contributed by atoms with Crippen LogP contribution in [0, 0.1) is 5.92 Å². The number of benzene rings is 1. The zero-order valence-corrected chi connectivity index (χ0v) is 14.0.